The number of hydrogen-bond donors (Lipinski definition) is 7. The van der Waals surface area contributed by atoms with Crippen LogP contribution in [0.3, 0.4) is 0 Å². The van der Waals surface area contributed by atoms with Gasteiger partial charge in [0.15, 0.2) is 0 Å². The first-order chi connectivity index (χ1) is 20.7. The van der Waals surface area contributed by atoms with Crippen LogP contribution in [0.15, 0.2) is 78.9 Å². The molecule has 0 bridgehead atoms. The summed E-state index contributed by atoms with van der Waals surface area (Å²) in [5.74, 6) is -2.75. The van der Waals surface area contributed by atoms with Gasteiger partial charge >= 0.3 is 26.5 Å². The Balaban J connectivity index is 1.84. The van der Waals surface area contributed by atoms with Gasteiger partial charge in [-0.3, -0.25) is 23.5 Å². The Bertz CT molecular complexity index is 1630. The van der Waals surface area contributed by atoms with Gasteiger partial charge in [0.05, 0.1) is 0 Å². The Hall–Kier alpha value is -3.91. The van der Waals surface area contributed by atoms with Gasteiger partial charge in [0.2, 0.25) is 11.8 Å². The predicted octanol–water partition coefficient (Wildman–Crippen LogP) is 2.69. The standard InChI is InChI=1S/C27H27F4N3O9P2/c28-26(29,44(38,39)40)19-10-6-16(7-11-19)14-21(23(32)35)33-25(37)22(34-24(36)18-4-2-1-3-5-18)15-17-8-12-20(13-9-17)27(30,31)45(41,42)43/h1-13,21-22H,14-15H2,(H2,32,35)(H,33,37)(H,34,36)(H2,38,39,40)(H2,41,42,43)/t21-,22-/m0/s1. The maximum absolute atomic E-state index is 14.1. The van der Waals surface area contributed by atoms with Crippen molar-refractivity contribution in [3.05, 3.63) is 107 Å². The average Bonchev–Trinajstić information content (AvgIpc) is 2.96. The number of amides is 3. The van der Waals surface area contributed by atoms with Gasteiger partial charge in [-0.25, -0.2) is 0 Å². The third-order valence-electron chi connectivity index (χ3n) is 6.53. The number of halogens is 4. The maximum Gasteiger partial charge on any atom is 0.399 e. The van der Waals surface area contributed by atoms with Crippen molar-refractivity contribution in [3.63, 3.8) is 0 Å². The molecular formula is C27H27F4N3O9P2. The fourth-order valence-electron chi connectivity index (χ4n) is 4.03. The molecule has 3 aromatic rings. The van der Waals surface area contributed by atoms with Gasteiger partial charge in [0.25, 0.3) is 5.91 Å². The topological polar surface area (TPSA) is 216 Å². The number of carbonyl (C=O) groups excluding carboxylic acids is 3. The van der Waals surface area contributed by atoms with Crippen LogP contribution in [0.4, 0.5) is 17.6 Å². The first kappa shape index (κ1) is 35.6. The highest BCUT2D eigenvalue weighted by Gasteiger charge is 2.51. The molecule has 0 spiro atoms. The third-order valence-corrected chi connectivity index (χ3v) is 8.51. The lowest BCUT2D eigenvalue weighted by Gasteiger charge is -2.23. The summed E-state index contributed by atoms with van der Waals surface area (Å²) in [6, 6.07) is 11.9. The molecule has 18 heteroatoms. The van der Waals surface area contributed by atoms with Crippen LogP contribution in [0, 0.1) is 0 Å². The van der Waals surface area contributed by atoms with E-state index in [4.69, 9.17) is 25.3 Å². The minimum Gasteiger partial charge on any atom is -0.368 e. The highest BCUT2D eigenvalue weighted by molar-refractivity contribution is 7.52. The number of carbonyl (C=O) groups is 3. The maximum atomic E-state index is 14.1. The van der Waals surface area contributed by atoms with Crippen molar-refractivity contribution in [2.24, 2.45) is 5.73 Å². The van der Waals surface area contributed by atoms with Gasteiger partial charge in [-0.15, -0.1) is 0 Å². The zero-order chi connectivity index (χ0) is 33.8. The Labute approximate surface area is 253 Å². The fourth-order valence-corrected chi connectivity index (χ4v) is 5.00. The molecule has 0 saturated carbocycles. The zero-order valence-electron chi connectivity index (χ0n) is 22.9. The molecule has 0 saturated heterocycles. The lowest BCUT2D eigenvalue weighted by Crippen LogP contribution is -2.54. The highest BCUT2D eigenvalue weighted by atomic mass is 31.2. The summed E-state index contributed by atoms with van der Waals surface area (Å²) in [6.45, 7) is 0. The van der Waals surface area contributed by atoms with Crippen molar-refractivity contribution in [3.8, 4) is 0 Å². The molecule has 0 unspecified atom stereocenters. The van der Waals surface area contributed by atoms with E-state index in [-0.39, 0.29) is 29.5 Å². The molecule has 0 radical (unpaired) electrons. The van der Waals surface area contributed by atoms with E-state index in [1.54, 1.807) is 18.2 Å². The lowest BCUT2D eigenvalue weighted by atomic mass is 10.0. The van der Waals surface area contributed by atoms with Crippen molar-refractivity contribution in [2.45, 2.75) is 36.3 Å². The summed E-state index contributed by atoms with van der Waals surface area (Å²) in [4.78, 5) is 74.2. The molecule has 3 rings (SSSR count). The first-order valence-electron chi connectivity index (χ1n) is 12.8. The SMILES string of the molecule is NC(=O)[C@H](Cc1ccc(C(F)(F)P(=O)(O)O)cc1)NC(=O)[C@H](Cc1ccc(C(F)(F)P(=O)(O)O)cc1)NC(=O)c1ccccc1. The monoisotopic (exact) mass is 675 g/mol. The molecule has 242 valence electrons. The predicted molar refractivity (Wildman–Crippen MR) is 151 cm³/mol. The Morgan fingerprint density at radius 3 is 1.44 bits per heavy atom. The minimum atomic E-state index is -5.85. The molecule has 0 heterocycles. The van der Waals surface area contributed by atoms with Crippen LogP contribution in [0.1, 0.15) is 32.6 Å². The summed E-state index contributed by atoms with van der Waals surface area (Å²) >= 11 is 0. The second-order valence-electron chi connectivity index (χ2n) is 9.83. The van der Waals surface area contributed by atoms with E-state index in [9.17, 15) is 41.1 Å². The number of primary amides is 1. The number of nitrogens with one attached hydrogen (secondary N) is 2. The Morgan fingerprint density at radius 1 is 0.667 bits per heavy atom. The normalized spacial score (nSPS) is 13.9. The van der Waals surface area contributed by atoms with Crippen molar-refractivity contribution >= 4 is 32.9 Å². The van der Waals surface area contributed by atoms with E-state index in [0.29, 0.717) is 0 Å². The number of nitrogens with two attached hydrogens (primary N) is 1. The van der Waals surface area contributed by atoms with E-state index in [0.717, 1.165) is 48.5 Å². The molecule has 8 N–H and O–H groups in total. The van der Waals surface area contributed by atoms with Crippen LogP contribution in [0.25, 0.3) is 0 Å². The number of alkyl halides is 4. The van der Waals surface area contributed by atoms with Crippen LogP contribution < -0.4 is 16.4 Å². The van der Waals surface area contributed by atoms with Crippen LogP contribution in [0.2, 0.25) is 0 Å². The van der Waals surface area contributed by atoms with Crippen LogP contribution in [0.5, 0.6) is 0 Å². The van der Waals surface area contributed by atoms with Gasteiger partial charge in [-0.1, -0.05) is 66.7 Å². The average molecular weight is 675 g/mol. The molecule has 45 heavy (non-hydrogen) atoms. The summed E-state index contributed by atoms with van der Waals surface area (Å²) in [5.41, 5.74) is -5.04. The van der Waals surface area contributed by atoms with Crippen molar-refractivity contribution < 1.29 is 60.6 Å². The number of hydrogen-bond acceptors (Lipinski definition) is 5. The van der Waals surface area contributed by atoms with Crippen LogP contribution in [-0.4, -0.2) is 49.4 Å². The largest absolute Gasteiger partial charge is 0.399 e. The summed E-state index contributed by atoms with van der Waals surface area (Å²) in [7, 11) is -11.7. The van der Waals surface area contributed by atoms with Crippen LogP contribution >= 0.6 is 15.2 Å². The second kappa shape index (κ2) is 13.6. The summed E-state index contributed by atoms with van der Waals surface area (Å²) < 4.78 is 78.4. The second-order valence-corrected chi connectivity index (χ2v) is 13.1. The highest BCUT2D eigenvalue weighted by Crippen LogP contribution is 2.60. The molecule has 0 fully saturated rings. The van der Waals surface area contributed by atoms with E-state index < -0.39 is 67.5 Å². The Kier molecular flexibility index (Phi) is 10.8. The molecule has 3 amide bonds. The summed E-state index contributed by atoms with van der Waals surface area (Å²) in [5, 5.41) is 4.81. The van der Waals surface area contributed by atoms with E-state index in [2.05, 4.69) is 10.6 Å². The van der Waals surface area contributed by atoms with Crippen molar-refractivity contribution in [1.82, 2.24) is 10.6 Å². The first-order valence-corrected chi connectivity index (χ1v) is 16.0. The van der Waals surface area contributed by atoms with Gasteiger partial charge in [0, 0.05) is 29.5 Å². The molecule has 12 nitrogen and oxygen atoms in total. The van der Waals surface area contributed by atoms with Crippen molar-refractivity contribution in [1.29, 1.82) is 0 Å². The van der Waals surface area contributed by atoms with E-state index in [1.807, 2.05) is 0 Å². The number of benzene rings is 3. The van der Waals surface area contributed by atoms with Crippen LogP contribution in [-0.2, 0) is 42.9 Å². The smallest absolute Gasteiger partial charge is 0.368 e. The summed E-state index contributed by atoms with van der Waals surface area (Å²) in [6.07, 6.45) is -0.696. The molecular weight excluding hydrogens is 648 g/mol. The molecule has 3 aromatic carbocycles. The van der Waals surface area contributed by atoms with E-state index >= 15 is 0 Å². The molecule has 0 aromatic heterocycles. The Morgan fingerprint density at radius 2 is 1.07 bits per heavy atom. The molecule has 0 aliphatic rings. The molecule has 0 aliphatic carbocycles. The van der Waals surface area contributed by atoms with Gasteiger partial charge in [-0.2, -0.15) is 17.6 Å². The minimum absolute atomic E-state index is 0.144. The number of rotatable bonds is 13. The lowest BCUT2D eigenvalue weighted by molar-refractivity contribution is -0.128. The molecule has 2 atom stereocenters. The van der Waals surface area contributed by atoms with Crippen molar-refractivity contribution in [2.75, 3.05) is 0 Å². The van der Waals surface area contributed by atoms with E-state index in [1.165, 1.54) is 12.1 Å². The fraction of sp³-hybridized carbons (Fsp3) is 0.222. The molecule has 0 aliphatic heterocycles. The van der Waals surface area contributed by atoms with Gasteiger partial charge in [-0.05, 0) is 23.3 Å². The third kappa shape index (κ3) is 8.63. The zero-order valence-corrected chi connectivity index (χ0v) is 24.7. The van der Waals surface area contributed by atoms with Gasteiger partial charge < -0.3 is 35.9 Å². The quantitative estimate of drug-likeness (QED) is 0.105. The van der Waals surface area contributed by atoms with Gasteiger partial charge in [0.1, 0.15) is 12.1 Å².